The van der Waals surface area contributed by atoms with Crippen LogP contribution in [0.3, 0.4) is 0 Å². The topological polar surface area (TPSA) is 49.7 Å². The van der Waals surface area contributed by atoms with Gasteiger partial charge in [-0.1, -0.05) is 61.5 Å². The van der Waals surface area contributed by atoms with Crippen molar-refractivity contribution in [1.82, 2.24) is 0 Å². The summed E-state index contributed by atoms with van der Waals surface area (Å²) in [6, 6.07) is 16.2. The van der Waals surface area contributed by atoms with E-state index in [9.17, 15) is 8.42 Å². The molecule has 0 unspecified atom stereocenters. The molecule has 7 heteroatoms. The molecule has 4 rings (SSSR count). The van der Waals surface area contributed by atoms with Crippen molar-refractivity contribution in [2.45, 2.75) is 37.6 Å². The fourth-order valence-corrected chi connectivity index (χ4v) is 7.59. The van der Waals surface area contributed by atoms with E-state index in [0.717, 1.165) is 16.4 Å². The van der Waals surface area contributed by atoms with Crippen LogP contribution >= 0.6 is 23.4 Å². The Hall–Kier alpha value is -1.50. The van der Waals surface area contributed by atoms with Gasteiger partial charge in [0.2, 0.25) is 0 Å². The monoisotopic (exact) mass is 434 g/mol. The third-order valence-corrected chi connectivity index (χ3v) is 8.62. The van der Waals surface area contributed by atoms with Crippen LogP contribution in [-0.4, -0.2) is 36.4 Å². The Balaban J connectivity index is 1.66. The molecule has 2 aliphatic heterocycles. The summed E-state index contributed by atoms with van der Waals surface area (Å²) in [5, 5.41) is 1.62. The van der Waals surface area contributed by atoms with E-state index in [1.807, 2.05) is 24.3 Å². The fourth-order valence-electron chi connectivity index (χ4n) is 3.60. The van der Waals surface area contributed by atoms with Crippen LogP contribution in [0.25, 0.3) is 0 Å². The van der Waals surface area contributed by atoms with Gasteiger partial charge in [0.1, 0.15) is 0 Å². The molecule has 2 aromatic rings. The minimum atomic E-state index is -2.96. The zero-order chi connectivity index (χ0) is 19.9. The number of hydrogen-bond acceptors (Lipinski definition) is 5. The van der Waals surface area contributed by atoms with Crippen LogP contribution in [0, 0.1) is 0 Å². The van der Waals surface area contributed by atoms with Crippen molar-refractivity contribution in [2.75, 3.05) is 16.4 Å². The molecule has 2 atom stereocenters. The average molecular weight is 435 g/mol. The van der Waals surface area contributed by atoms with Gasteiger partial charge in [-0.25, -0.2) is 8.42 Å². The fraction of sp³-hybridized carbons (Fsp3) is 0.381. The lowest BCUT2D eigenvalue weighted by molar-refractivity contribution is 0.601. The Morgan fingerprint density at radius 2 is 1.93 bits per heavy atom. The molecule has 2 heterocycles. The van der Waals surface area contributed by atoms with Crippen molar-refractivity contribution < 1.29 is 8.42 Å². The number of thioether (sulfide) groups is 1. The molecule has 0 saturated carbocycles. The quantitative estimate of drug-likeness (QED) is 0.697. The summed E-state index contributed by atoms with van der Waals surface area (Å²) in [6.07, 6.45) is 0. The zero-order valence-corrected chi connectivity index (χ0v) is 18.3. The molecule has 1 saturated heterocycles. The lowest BCUT2D eigenvalue weighted by atomic mass is 10.0. The maximum absolute atomic E-state index is 11.9. The number of aliphatic imine (C=N–C) groups is 1. The second-order valence-corrected chi connectivity index (χ2v) is 11.5. The molecule has 2 aliphatic rings. The molecule has 0 spiro atoms. The largest absolute Gasteiger partial charge is 0.317 e. The van der Waals surface area contributed by atoms with Gasteiger partial charge in [0, 0.05) is 16.0 Å². The van der Waals surface area contributed by atoms with E-state index in [-0.39, 0.29) is 22.8 Å². The van der Waals surface area contributed by atoms with Gasteiger partial charge in [-0.3, -0.25) is 4.99 Å². The van der Waals surface area contributed by atoms with Gasteiger partial charge >= 0.3 is 0 Å². The van der Waals surface area contributed by atoms with Crippen LogP contribution in [0.1, 0.15) is 30.9 Å². The molecule has 0 amide bonds. The van der Waals surface area contributed by atoms with Gasteiger partial charge in [0.25, 0.3) is 0 Å². The highest BCUT2D eigenvalue weighted by molar-refractivity contribution is 8.15. The molecule has 1 fully saturated rings. The van der Waals surface area contributed by atoms with Gasteiger partial charge in [-0.05, 0) is 41.3 Å². The number of anilines is 1. The highest BCUT2D eigenvalue weighted by atomic mass is 35.5. The zero-order valence-electron chi connectivity index (χ0n) is 15.9. The number of amidine groups is 1. The van der Waals surface area contributed by atoms with E-state index >= 15 is 0 Å². The van der Waals surface area contributed by atoms with Crippen LogP contribution in [-0.2, 0) is 16.4 Å². The Morgan fingerprint density at radius 3 is 2.57 bits per heavy atom. The maximum Gasteiger partial charge on any atom is 0.164 e. The lowest BCUT2D eigenvalue weighted by Gasteiger charge is -2.25. The lowest BCUT2D eigenvalue weighted by Crippen LogP contribution is -2.28. The summed E-state index contributed by atoms with van der Waals surface area (Å²) in [4.78, 5) is 6.96. The predicted molar refractivity (Wildman–Crippen MR) is 119 cm³/mol. The van der Waals surface area contributed by atoms with E-state index in [4.69, 9.17) is 16.6 Å². The van der Waals surface area contributed by atoms with Gasteiger partial charge < -0.3 is 4.90 Å². The molecule has 2 aromatic carbocycles. The minimum Gasteiger partial charge on any atom is -0.317 e. The van der Waals surface area contributed by atoms with Crippen molar-refractivity contribution in [3.63, 3.8) is 0 Å². The van der Waals surface area contributed by atoms with E-state index < -0.39 is 9.84 Å². The second kappa shape index (κ2) is 7.73. The van der Waals surface area contributed by atoms with Crippen molar-refractivity contribution >= 4 is 44.1 Å². The molecule has 0 aromatic heterocycles. The summed E-state index contributed by atoms with van der Waals surface area (Å²) in [6.45, 7) is 4.99. The van der Waals surface area contributed by atoms with Gasteiger partial charge in [0.05, 0.1) is 24.1 Å². The first-order valence-electron chi connectivity index (χ1n) is 9.37. The molecule has 28 heavy (non-hydrogen) atoms. The van der Waals surface area contributed by atoms with E-state index in [1.54, 1.807) is 11.8 Å². The smallest absolute Gasteiger partial charge is 0.164 e. The summed E-state index contributed by atoms with van der Waals surface area (Å²) in [5.74, 6) is 0.844. The Bertz CT molecular complexity index is 1000. The normalized spacial score (nSPS) is 22.9. The Morgan fingerprint density at radius 1 is 1.18 bits per heavy atom. The van der Waals surface area contributed by atoms with Crippen molar-refractivity contribution in [3.05, 3.63) is 64.7 Å². The summed E-state index contributed by atoms with van der Waals surface area (Å²) < 4.78 is 23.8. The number of nitrogens with zero attached hydrogens (tertiary/aromatic N) is 2. The van der Waals surface area contributed by atoms with E-state index in [0.29, 0.717) is 17.5 Å². The molecular formula is C21H23ClN2O2S2. The van der Waals surface area contributed by atoms with E-state index in [2.05, 4.69) is 43.0 Å². The Kier molecular flexibility index (Phi) is 5.47. The third kappa shape index (κ3) is 4.24. The summed E-state index contributed by atoms with van der Waals surface area (Å²) in [7, 11) is -2.96. The van der Waals surface area contributed by atoms with Crippen molar-refractivity contribution in [3.8, 4) is 0 Å². The first-order valence-corrected chi connectivity index (χ1v) is 12.5. The highest BCUT2D eigenvalue weighted by Gasteiger charge is 2.44. The number of rotatable bonds is 4. The van der Waals surface area contributed by atoms with Crippen LogP contribution in [0.2, 0.25) is 5.02 Å². The predicted octanol–water partition coefficient (Wildman–Crippen LogP) is 4.74. The number of hydrogen-bond donors (Lipinski definition) is 0. The Labute approximate surface area is 175 Å². The number of fused-ring (bicyclic) bond motifs is 1. The maximum atomic E-state index is 11.9. The van der Waals surface area contributed by atoms with Crippen molar-refractivity contribution in [2.24, 2.45) is 4.99 Å². The number of sulfone groups is 1. The number of halogens is 1. The third-order valence-electron chi connectivity index (χ3n) is 5.14. The molecular weight excluding hydrogens is 412 g/mol. The van der Waals surface area contributed by atoms with Gasteiger partial charge in [-0.2, -0.15) is 0 Å². The average Bonchev–Trinajstić information content (AvgIpc) is 3.13. The molecule has 148 valence electrons. The van der Waals surface area contributed by atoms with Crippen LogP contribution in [0.5, 0.6) is 0 Å². The second-order valence-electron chi connectivity index (χ2n) is 7.67. The van der Waals surface area contributed by atoms with Crippen molar-refractivity contribution in [1.29, 1.82) is 0 Å². The first-order chi connectivity index (χ1) is 13.3. The number of benzene rings is 2. The van der Waals surface area contributed by atoms with Crippen LogP contribution in [0.15, 0.2) is 53.5 Å². The minimum absolute atomic E-state index is 0.0248. The van der Waals surface area contributed by atoms with Crippen LogP contribution in [0.4, 0.5) is 5.69 Å². The van der Waals surface area contributed by atoms with Gasteiger partial charge in [0.15, 0.2) is 15.0 Å². The summed E-state index contributed by atoms with van der Waals surface area (Å²) >= 11 is 7.76. The molecule has 0 aliphatic carbocycles. The van der Waals surface area contributed by atoms with Crippen LogP contribution < -0.4 is 4.90 Å². The van der Waals surface area contributed by atoms with E-state index in [1.165, 1.54) is 5.56 Å². The molecule has 0 radical (unpaired) electrons. The summed E-state index contributed by atoms with van der Waals surface area (Å²) in [5.41, 5.74) is 3.43. The highest BCUT2D eigenvalue weighted by Crippen LogP contribution is 2.37. The molecule has 4 nitrogen and oxygen atoms in total. The van der Waals surface area contributed by atoms with Gasteiger partial charge in [-0.15, -0.1) is 0 Å². The standard InChI is InChI=1S/C21H23ClN2O2S2/c1-14(2)16-6-8-18(9-7-16)24(11-15-4-3-5-17(22)10-15)21-23-19-12-28(25,26)13-20(19)27-21/h3-10,14,19-20H,11-13H2,1-2H3/t19-,20-/m1/s1. The molecule has 0 bridgehead atoms. The first kappa shape index (κ1) is 19.8. The SMILES string of the molecule is CC(C)c1ccc(N(Cc2cccc(Cl)c2)C2=N[C@@H]3CS(=O)(=O)C[C@H]3S2)cc1. The molecule has 0 N–H and O–H groups in total.